The number of nitrogens with two attached hydrogens (primary N) is 1. The molecule has 5 atom stereocenters. The highest BCUT2D eigenvalue weighted by Gasteiger charge is 2.40. The molecule has 4 aromatic rings. The lowest BCUT2D eigenvalue weighted by atomic mass is 9.63. The zero-order valence-corrected chi connectivity index (χ0v) is 19.2. The van der Waals surface area contributed by atoms with Gasteiger partial charge in [-0.1, -0.05) is 50.2 Å². The van der Waals surface area contributed by atoms with Crippen LogP contribution >= 0.6 is 0 Å². The summed E-state index contributed by atoms with van der Waals surface area (Å²) in [5.41, 5.74) is 9.13. The lowest BCUT2D eigenvalue weighted by Gasteiger charge is -2.46. The zero-order valence-electron chi connectivity index (χ0n) is 19.2. The summed E-state index contributed by atoms with van der Waals surface area (Å²) >= 11 is 0. The third-order valence-corrected chi connectivity index (χ3v) is 7.68. The van der Waals surface area contributed by atoms with Crippen molar-refractivity contribution in [2.24, 2.45) is 23.7 Å². The van der Waals surface area contributed by atoms with Gasteiger partial charge in [0.15, 0.2) is 17.0 Å². The molecule has 6 heteroatoms. The number of benzene rings is 2. The highest BCUT2D eigenvalue weighted by Crippen LogP contribution is 2.46. The van der Waals surface area contributed by atoms with E-state index in [1.807, 2.05) is 0 Å². The van der Waals surface area contributed by atoms with Gasteiger partial charge in [0.25, 0.3) is 0 Å². The fourth-order valence-electron chi connectivity index (χ4n) is 6.36. The van der Waals surface area contributed by atoms with E-state index in [1.54, 1.807) is 6.20 Å². The van der Waals surface area contributed by atoms with Crippen LogP contribution in [0.1, 0.15) is 39.5 Å². The number of rotatable bonds is 3. The molecule has 2 fully saturated rings. The molecule has 2 aliphatic carbocycles. The average Bonchev–Trinajstić information content (AvgIpc) is 2.80. The van der Waals surface area contributed by atoms with Gasteiger partial charge in [0.05, 0.1) is 11.9 Å². The fourth-order valence-corrected chi connectivity index (χ4v) is 6.36. The molecule has 2 aromatic carbocycles. The van der Waals surface area contributed by atoms with Crippen LogP contribution in [0.5, 0.6) is 0 Å². The van der Waals surface area contributed by atoms with E-state index in [-0.39, 0.29) is 5.95 Å². The standard InChI is InChI=1S/C27H30N6/c1-15-9-17-11-16(2)23(21(10-15)12-17)31-26-24-25(32-27(28)33-26)29-14-22(30-24)20-8-7-18-5-3-4-6-19(18)13-20/h3-8,13-17,21,23H,9-12H2,1-2H3,(H3,28,29,31,32,33). The predicted molar refractivity (Wildman–Crippen MR) is 134 cm³/mol. The number of nitrogen functional groups attached to an aromatic ring is 1. The number of fused-ring (bicyclic) bond motifs is 4. The van der Waals surface area contributed by atoms with E-state index in [2.05, 4.69) is 76.6 Å². The molecule has 168 valence electrons. The van der Waals surface area contributed by atoms with E-state index in [9.17, 15) is 0 Å². The van der Waals surface area contributed by atoms with Crippen LogP contribution in [0.2, 0.25) is 0 Å². The Hall–Kier alpha value is -3.28. The highest BCUT2D eigenvalue weighted by molar-refractivity contribution is 5.89. The van der Waals surface area contributed by atoms with Gasteiger partial charge in [0, 0.05) is 11.6 Å². The van der Waals surface area contributed by atoms with Crippen LogP contribution in [0.3, 0.4) is 0 Å². The molecule has 0 radical (unpaired) electrons. The second-order valence-corrected chi connectivity index (χ2v) is 10.2. The number of hydrogen-bond acceptors (Lipinski definition) is 6. The third kappa shape index (κ3) is 3.77. The van der Waals surface area contributed by atoms with Crippen molar-refractivity contribution in [2.45, 2.75) is 45.6 Å². The Bertz CT molecular complexity index is 1330. The Morgan fingerprint density at radius 3 is 2.64 bits per heavy atom. The summed E-state index contributed by atoms with van der Waals surface area (Å²) in [7, 11) is 0. The molecular formula is C27H30N6. The minimum Gasteiger partial charge on any atom is -0.368 e. The van der Waals surface area contributed by atoms with Gasteiger partial charge in [0.2, 0.25) is 5.95 Å². The van der Waals surface area contributed by atoms with E-state index in [1.165, 1.54) is 36.5 Å². The van der Waals surface area contributed by atoms with Crippen molar-refractivity contribution in [3.8, 4) is 11.3 Å². The van der Waals surface area contributed by atoms with E-state index in [0.29, 0.717) is 34.9 Å². The van der Waals surface area contributed by atoms with Gasteiger partial charge < -0.3 is 11.1 Å². The van der Waals surface area contributed by atoms with Gasteiger partial charge >= 0.3 is 0 Å². The minimum atomic E-state index is 0.233. The summed E-state index contributed by atoms with van der Waals surface area (Å²) in [6.07, 6.45) is 6.99. The Morgan fingerprint density at radius 2 is 1.76 bits per heavy atom. The molecule has 6 nitrogen and oxygen atoms in total. The summed E-state index contributed by atoms with van der Waals surface area (Å²) < 4.78 is 0. The number of hydrogen-bond donors (Lipinski definition) is 2. The smallest absolute Gasteiger partial charge is 0.224 e. The molecule has 2 bridgehead atoms. The molecule has 6 rings (SSSR count). The molecule has 2 saturated carbocycles. The summed E-state index contributed by atoms with van der Waals surface area (Å²) in [6, 6.07) is 15.1. The number of anilines is 2. The summed E-state index contributed by atoms with van der Waals surface area (Å²) in [6.45, 7) is 4.76. The molecule has 2 aromatic heterocycles. The Balaban J connectivity index is 1.40. The predicted octanol–water partition coefficient (Wildman–Crippen LogP) is 5.69. The van der Waals surface area contributed by atoms with Crippen molar-refractivity contribution >= 4 is 33.7 Å². The largest absolute Gasteiger partial charge is 0.368 e. The van der Waals surface area contributed by atoms with Gasteiger partial charge in [-0.05, 0) is 66.2 Å². The first-order valence-electron chi connectivity index (χ1n) is 12.1. The Morgan fingerprint density at radius 1 is 0.909 bits per heavy atom. The Labute approximate surface area is 194 Å². The number of aromatic nitrogens is 4. The molecule has 0 spiro atoms. The van der Waals surface area contributed by atoms with Crippen molar-refractivity contribution in [3.63, 3.8) is 0 Å². The minimum absolute atomic E-state index is 0.233. The van der Waals surface area contributed by atoms with Gasteiger partial charge in [-0.3, -0.25) is 0 Å². The molecule has 0 saturated heterocycles. The van der Waals surface area contributed by atoms with Crippen molar-refractivity contribution in [1.29, 1.82) is 0 Å². The van der Waals surface area contributed by atoms with Crippen LogP contribution < -0.4 is 11.1 Å². The molecule has 0 amide bonds. The van der Waals surface area contributed by atoms with Crippen molar-refractivity contribution < 1.29 is 0 Å². The maximum Gasteiger partial charge on any atom is 0.224 e. The fraction of sp³-hybridized carbons (Fsp3) is 0.407. The topological polar surface area (TPSA) is 89.6 Å². The first kappa shape index (κ1) is 20.3. The maximum atomic E-state index is 6.07. The van der Waals surface area contributed by atoms with Gasteiger partial charge in [-0.2, -0.15) is 9.97 Å². The summed E-state index contributed by atoms with van der Waals surface area (Å²) in [4.78, 5) is 18.5. The first-order valence-corrected chi connectivity index (χ1v) is 12.1. The molecule has 3 N–H and O–H groups in total. The molecule has 2 aliphatic rings. The van der Waals surface area contributed by atoms with E-state index < -0.39 is 0 Å². The van der Waals surface area contributed by atoms with Crippen LogP contribution in [-0.2, 0) is 0 Å². The second kappa shape index (κ2) is 7.94. The lowest BCUT2D eigenvalue weighted by molar-refractivity contribution is 0.0963. The van der Waals surface area contributed by atoms with Gasteiger partial charge in [-0.15, -0.1) is 0 Å². The molecule has 5 unspecified atom stereocenters. The first-order chi connectivity index (χ1) is 16.0. The van der Waals surface area contributed by atoms with Gasteiger partial charge in [0.1, 0.15) is 0 Å². The van der Waals surface area contributed by atoms with Crippen molar-refractivity contribution in [1.82, 2.24) is 19.9 Å². The number of nitrogens with one attached hydrogen (secondary N) is 1. The van der Waals surface area contributed by atoms with Crippen LogP contribution in [-0.4, -0.2) is 26.0 Å². The number of nitrogens with zero attached hydrogens (tertiary/aromatic N) is 4. The highest BCUT2D eigenvalue weighted by atomic mass is 15.1. The van der Waals surface area contributed by atoms with E-state index >= 15 is 0 Å². The summed E-state index contributed by atoms with van der Waals surface area (Å²) in [5.74, 6) is 3.84. The monoisotopic (exact) mass is 438 g/mol. The Kier molecular flexibility index (Phi) is 4.89. The second-order valence-electron chi connectivity index (χ2n) is 10.2. The van der Waals surface area contributed by atoms with Crippen LogP contribution in [0, 0.1) is 23.7 Å². The van der Waals surface area contributed by atoms with Crippen molar-refractivity contribution in [3.05, 3.63) is 48.7 Å². The molecule has 2 heterocycles. The van der Waals surface area contributed by atoms with Crippen LogP contribution in [0.25, 0.3) is 33.2 Å². The average molecular weight is 439 g/mol. The summed E-state index contributed by atoms with van der Waals surface area (Å²) in [5, 5.41) is 6.15. The van der Waals surface area contributed by atoms with Crippen molar-refractivity contribution in [2.75, 3.05) is 11.1 Å². The molecular weight excluding hydrogens is 408 g/mol. The lowest BCUT2D eigenvalue weighted by Crippen LogP contribution is -2.45. The normalized spacial score (nSPS) is 27.0. The zero-order chi connectivity index (χ0) is 22.5. The van der Waals surface area contributed by atoms with E-state index in [0.717, 1.165) is 23.1 Å². The molecule has 0 aliphatic heterocycles. The third-order valence-electron chi connectivity index (χ3n) is 7.68. The molecule has 33 heavy (non-hydrogen) atoms. The quantitative estimate of drug-likeness (QED) is 0.427. The van der Waals surface area contributed by atoms with Crippen LogP contribution in [0.4, 0.5) is 11.8 Å². The maximum absolute atomic E-state index is 6.07. The van der Waals surface area contributed by atoms with Crippen LogP contribution in [0.15, 0.2) is 48.7 Å². The van der Waals surface area contributed by atoms with Gasteiger partial charge in [-0.25, -0.2) is 9.97 Å². The van der Waals surface area contributed by atoms with E-state index in [4.69, 9.17) is 10.7 Å². The SMILES string of the molecule is CC1CC2CC(C)C(Nc3nc(N)nc4ncc(-c5ccc6ccccc6c5)nc34)C(C1)C2.